The van der Waals surface area contributed by atoms with Crippen LogP contribution in [0.5, 0.6) is 0 Å². The Morgan fingerprint density at radius 1 is 1.14 bits per heavy atom. The zero-order valence-electron chi connectivity index (χ0n) is 11.5. The van der Waals surface area contributed by atoms with E-state index in [4.69, 9.17) is 5.73 Å². The van der Waals surface area contributed by atoms with E-state index in [0.717, 1.165) is 4.47 Å². The van der Waals surface area contributed by atoms with E-state index in [2.05, 4.69) is 21.2 Å². The van der Waals surface area contributed by atoms with Crippen LogP contribution >= 0.6 is 15.9 Å². The summed E-state index contributed by atoms with van der Waals surface area (Å²) in [4.78, 5) is 23.7. The number of carbonyl (C=O) groups is 2. The summed E-state index contributed by atoms with van der Waals surface area (Å²) in [5.41, 5.74) is 7.84. The van der Waals surface area contributed by atoms with Gasteiger partial charge < -0.3 is 11.1 Å². The zero-order valence-corrected chi connectivity index (χ0v) is 13.1. The van der Waals surface area contributed by atoms with E-state index in [0.29, 0.717) is 28.9 Å². The van der Waals surface area contributed by atoms with Crippen molar-refractivity contribution < 1.29 is 9.59 Å². The molecule has 5 heteroatoms. The van der Waals surface area contributed by atoms with Gasteiger partial charge in [0.2, 0.25) is 0 Å². The maximum Gasteiger partial charge on any atom is 0.255 e. The number of nitrogens with one attached hydrogen (secondary N) is 1. The van der Waals surface area contributed by atoms with Crippen molar-refractivity contribution in [3.05, 3.63) is 58.1 Å². The first-order valence-corrected chi connectivity index (χ1v) is 7.30. The molecule has 0 aliphatic carbocycles. The Bertz CT molecular complexity index is 698. The number of anilines is 2. The number of halogens is 1. The third-order valence-corrected chi connectivity index (χ3v) is 3.52. The van der Waals surface area contributed by atoms with E-state index in [9.17, 15) is 9.59 Å². The van der Waals surface area contributed by atoms with Crippen LogP contribution in [0.1, 0.15) is 34.1 Å². The number of nitrogens with two attached hydrogens (primary N) is 1. The number of amides is 1. The van der Waals surface area contributed by atoms with Crippen molar-refractivity contribution in [2.24, 2.45) is 0 Å². The second-order valence-electron chi connectivity index (χ2n) is 4.54. The highest BCUT2D eigenvalue weighted by atomic mass is 79.9. The van der Waals surface area contributed by atoms with Gasteiger partial charge in [-0.25, -0.2) is 0 Å². The average Bonchev–Trinajstić information content (AvgIpc) is 2.48. The Morgan fingerprint density at radius 3 is 2.52 bits per heavy atom. The summed E-state index contributed by atoms with van der Waals surface area (Å²) in [5, 5.41) is 2.74. The van der Waals surface area contributed by atoms with Gasteiger partial charge >= 0.3 is 0 Å². The van der Waals surface area contributed by atoms with Crippen LogP contribution in [0.25, 0.3) is 0 Å². The van der Waals surface area contributed by atoms with Gasteiger partial charge in [0.25, 0.3) is 5.91 Å². The SMILES string of the molecule is CCC(=O)c1ccc(NC(=O)c2cccc(Br)c2)c(N)c1. The molecule has 1 amide bonds. The molecule has 2 aromatic rings. The number of ketones is 1. The smallest absolute Gasteiger partial charge is 0.255 e. The Kier molecular flexibility index (Phi) is 4.75. The molecule has 0 fully saturated rings. The fraction of sp³-hybridized carbons (Fsp3) is 0.125. The molecule has 0 saturated heterocycles. The van der Waals surface area contributed by atoms with Crippen LogP contribution in [0, 0.1) is 0 Å². The molecule has 0 aliphatic heterocycles. The minimum Gasteiger partial charge on any atom is -0.397 e. The summed E-state index contributed by atoms with van der Waals surface area (Å²) in [6.07, 6.45) is 0.420. The Labute approximate surface area is 131 Å². The summed E-state index contributed by atoms with van der Waals surface area (Å²) in [6.45, 7) is 1.79. The quantitative estimate of drug-likeness (QED) is 0.651. The summed E-state index contributed by atoms with van der Waals surface area (Å²) in [5.74, 6) is -0.232. The lowest BCUT2D eigenvalue weighted by atomic mass is 10.1. The summed E-state index contributed by atoms with van der Waals surface area (Å²) >= 11 is 3.32. The lowest BCUT2D eigenvalue weighted by molar-refractivity contribution is 0.0987. The number of nitrogen functional groups attached to an aromatic ring is 1. The molecule has 21 heavy (non-hydrogen) atoms. The topological polar surface area (TPSA) is 72.2 Å². The van der Waals surface area contributed by atoms with Gasteiger partial charge in [0.05, 0.1) is 11.4 Å². The molecule has 0 saturated carbocycles. The van der Waals surface area contributed by atoms with Gasteiger partial charge in [-0.3, -0.25) is 9.59 Å². The maximum atomic E-state index is 12.1. The Morgan fingerprint density at radius 2 is 1.90 bits per heavy atom. The van der Waals surface area contributed by atoms with Crippen LogP contribution < -0.4 is 11.1 Å². The number of hydrogen-bond acceptors (Lipinski definition) is 3. The van der Waals surface area contributed by atoms with Gasteiger partial charge in [0.1, 0.15) is 0 Å². The standard InChI is InChI=1S/C16H15BrN2O2/c1-2-15(20)10-6-7-14(13(18)9-10)19-16(21)11-4-3-5-12(17)8-11/h3-9H,2,18H2,1H3,(H,19,21). The molecule has 0 bridgehead atoms. The Hall–Kier alpha value is -2.14. The van der Waals surface area contributed by atoms with Crippen molar-refractivity contribution in [2.75, 3.05) is 11.1 Å². The molecule has 0 aromatic heterocycles. The van der Waals surface area contributed by atoms with Crippen molar-refractivity contribution in [3.63, 3.8) is 0 Å². The molecule has 0 aliphatic rings. The number of hydrogen-bond donors (Lipinski definition) is 2. The molecule has 0 atom stereocenters. The highest BCUT2D eigenvalue weighted by Gasteiger charge is 2.10. The first kappa shape index (κ1) is 15.3. The van der Waals surface area contributed by atoms with E-state index >= 15 is 0 Å². The zero-order chi connectivity index (χ0) is 15.4. The van der Waals surface area contributed by atoms with Gasteiger partial charge in [-0.15, -0.1) is 0 Å². The summed E-state index contributed by atoms with van der Waals surface area (Å²) in [7, 11) is 0. The lowest BCUT2D eigenvalue weighted by Crippen LogP contribution is -2.13. The van der Waals surface area contributed by atoms with E-state index in [1.807, 2.05) is 6.07 Å². The summed E-state index contributed by atoms with van der Waals surface area (Å²) in [6, 6.07) is 12.0. The van der Waals surface area contributed by atoms with Crippen LogP contribution in [-0.4, -0.2) is 11.7 Å². The van der Waals surface area contributed by atoms with Crippen LogP contribution in [-0.2, 0) is 0 Å². The van der Waals surface area contributed by atoms with Crippen LogP contribution in [0.2, 0.25) is 0 Å². The molecular formula is C16H15BrN2O2. The molecule has 0 heterocycles. The number of carbonyl (C=O) groups excluding carboxylic acids is 2. The highest BCUT2D eigenvalue weighted by molar-refractivity contribution is 9.10. The molecule has 108 valence electrons. The van der Waals surface area contributed by atoms with Crippen LogP contribution in [0.3, 0.4) is 0 Å². The van der Waals surface area contributed by atoms with Crippen molar-refractivity contribution in [2.45, 2.75) is 13.3 Å². The fourth-order valence-electron chi connectivity index (χ4n) is 1.88. The van der Waals surface area contributed by atoms with Crippen molar-refractivity contribution in [3.8, 4) is 0 Å². The van der Waals surface area contributed by atoms with Gasteiger partial charge in [0.15, 0.2) is 5.78 Å². The van der Waals surface area contributed by atoms with Crippen molar-refractivity contribution >= 4 is 39.0 Å². The molecular weight excluding hydrogens is 332 g/mol. The third kappa shape index (κ3) is 3.70. The van der Waals surface area contributed by atoms with E-state index < -0.39 is 0 Å². The van der Waals surface area contributed by atoms with E-state index in [1.165, 1.54) is 0 Å². The monoisotopic (exact) mass is 346 g/mol. The molecule has 4 nitrogen and oxygen atoms in total. The number of Topliss-reactive ketones (excluding diaryl/α,β-unsaturated/α-hetero) is 1. The molecule has 0 spiro atoms. The lowest BCUT2D eigenvalue weighted by Gasteiger charge is -2.09. The number of rotatable bonds is 4. The van der Waals surface area contributed by atoms with Gasteiger partial charge in [-0.1, -0.05) is 28.9 Å². The second-order valence-corrected chi connectivity index (χ2v) is 5.46. The van der Waals surface area contributed by atoms with E-state index in [-0.39, 0.29) is 11.7 Å². The molecule has 0 radical (unpaired) electrons. The molecule has 3 N–H and O–H groups in total. The molecule has 0 unspecified atom stereocenters. The Balaban J connectivity index is 2.20. The highest BCUT2D eigenvalue weighted by Crippen LogP contribution is 2.22. The summed E-state index contributed by atoms with van der Waals surface area (Å²) < 4.78 is 0.826. The van der Waals surface area contributed by atoms with Crippen LogP contribution in [0.15, 0.2) is 46.9 Å². The van der Waals surface area contributed by atoms with Gasteiger partial charge in [0, 0.05) is 22.0 Å². The normalized spacial score (nSPS) is 10.2. The van der Waals surface area contributed by atoms with E-state index in [1.54, 1.807) is 43.3 Å². The van der Waals surface area contributed by atoms with Gasteiger partial charge in [-0.05, 0) is 36.4 Å². The number of benzene rings is 2. The largest absolute Gasteiger partial charge is 0.397 e. The van der Waals surface area contributed by atoms with Crippen molar-refractivity contribution in [1.82, 2.24) is 0 Å². The average molecular weight is 347 g/mol. The third-order valence-electron chi connectivity index (χ3n) is 3.03. The van der Waals surface area contributed by atoms with Gasteiger partial charge in [-0.2, -0.15) is 0 Å². The molecule has 2 rings (SSSR count). The predicted octanol–water partition coefficient (Wildman–Crippen LogP) is 3.88. The predicted molar refractivity (Wildman–Crippen MR) is 87.6 cm³/mol. The minimum atomic E-state index is -0.252. The minimum absolute atomic E-state index is 0.0200. The second kappa shape index (κ2) is 6.54. The molecule has 2 aromatic carbocycles. The maximum absolute atomic E-state index is 12.1. The van der Waals surface area contributed by atoms with Crippen LogP contribution in [0.4, 0.5) is 11.4 Å². The first-order chi connectivity index (χ1) is 10.0. The first-order valence-electron chi connectivity index (χ1n) is 6.51. The van der Waals surface area contributed by atoms with Crippen molar-refractivity contribution in [1.29, 1.82) is 0 Å². The fourth-order valence-corrected chi connectivity index (χ4v) is 2.28.